The van der Waals surface area contributed by atoms with E-state index < -0.39 is 0 Å². The van der Waals surface area contributed by atoms with Gasteiger partial charge >= 0.3 is 0 Å². The van der Waals surface area contributed by atoms with Crippen LogP contribution in [0.25, 0.3) is 27.8 Å². The highest BCUT2D eigenvalue weighted by atomic mass is 14.9. The van der Waals surface area contributed by atoms with Crippen molar-refractivity contribution in [1.82, 2.24) is 0 Å². The van der Waals surface area contributed by atoms with Gasteiger partial charge < -0.3 is 5.32 Å². The van der Waals surface area contributed by atoms with Crippen LogP contribution in [-0.4, -0.2) is 0 Å². The summed E-state index contributed by atoms with van der Waals surface area (Å²) in [5.41, 5.74) is 9.17. The highest BCUT2D eigenvalue weighted by Gasteiger charge is 2.07. The third-order valence-electron chi connectivity index (χ3n) is 5.30. The highest BCUT2D eigenvalue weighted by Crippen LogP contribution is 2.31. The molecular formula is C31H27N. The lowest BCUT2D eigenvalue weighted by Crippen LogP contribution is -1.94. The van der Waals surface area contributed by atoms with Gasteiger partial charge in [-0.1, -0.05) is 104 Å². The molecule has 1 nitrogen and oxygen atoms in total. The summed E-state index contributed by atoms with van der Waals surface area (Å²) in [7, 11) is 0. The van der Waals surface area contributed by atoms with Crippen LogP contribution in [0.5, 0.6) is 0 Å². The van der Waals surface area contributed by atoms with Crippen molar-refractivity contribution in [3.63, 3.8) is 0 Å². The summed E-state index contributed by atoms with van der Waals surface area (Å²) in [6.45, 7) is 5.92. The maximum atomic E-state index is 3.89. The van der Waals surface area contributed by atoms with Crippen LogP contribution in [0.15, 0.2) is 134 Å². The Labute approximate surface area is 191 Å². The molecule has 0 spiro atoms. The quantitative estimate of drug-likeness (QED) is 0.298. The molecular weight excluding hydrogens is 386 g/mol. The van der Waals surface area contributed by atoms with Crippen LogP contribution in [-0.2, 0) is 0 Å². The molecule has 0 aliphatic rings. The van der Waals surface area contributed by atoms with Gasteiger partial charge in [-0.3, -0.25) is 0 Å². The van der Waals surface area contributed by atoms with Crippen LogP contribution in [0, 0.1) is 0 Å². The van der Waals surface area contributed by atoms with E-state index >= 15 is 0 Å². The van der Waals surface area contributed by atoms with E-state index in [1.165, 1.54) is 22.3 Å². The lowest BCUT2D eigenvalue weighted by Gasteiger charge is -2.13. The lowest BCUT2D eigenvalue weighted by atomic mass is 9.97. The standard InChI is InChI=1S/C31H27N/c1-3-11-24(12-4-2)28-21-29(26-15-9-6-10-16-26)23-31(22-28)32-30-19-17-27(18-20-30)25-13-7-5-8-14-25/h3-23,32H,1H2,2H3/b12-4-,24-11+. The Morgan fingerprint density at radius 3 is 1.84 bits per heavy atom. The zero-order valence-electron chi connectivity index (χ0n) is 18.3. The predicted octanol–water partition coefficient (Wildman–Crippen LogP) is 8.91. The first-order chi connectivity index (χ1) is 15.8. The molecule has 0 saturated carbocycles. The van der Waals surface area contributed by atoms with Crippen LogP contribution in [0.3, 0.4) is 0 Å². The molecule has 0 fully saturated rings. The molecule has 4 rings (SSSR count). The molecule has 0 unspecified atom stereocenters. The van der Waals surface area contributed by atoms with E-state index in [1.807, 2.05) is 31.2 Å². The monoisotopic (exact) mass is 413 g/mol. The molecule has 0 aliphatic heterocycles. The Bertz CT molecular complexity index is 1230. The normalized spacial score (nSPS) is 11.5. The van der Waals surface area contributed by atoms with Crippen molar-refractivity contribution in [2.75, 3.05) is 5.32 Å². The maximum absolute atomic E-state index is 3.89. The van der Waals surface area contributed by atoms with E-state index in [2.05, 4.69) is 115 Å². The minimum atomic E-state index is 1.05. The van der Waals surface area contributed by atoms with E-state index in [4.69, 9.17) is 0 Å². The average Bonchev–Trinajstić information content (AvgIpc) is 2.85. The first kappa shape index (κ1) is 21.1. The van der Waals surface area contributed by atoms with Crippen molar-refractivity contribution in [2.24, 2.45) is 0 Å². The van der Waals surface area contributed by atoms with Crippen LogP contribution in [0.1, 0.15) is 12.5 Å². The van der Waals surface area contributed by atoms with Gasteiger partial charge in [-0.25, -0.2) is 0 Å². The van der Waals surface area contributed by atoms with Crippen molar-refractivity contribution in [3.05, 3.63) is 140 Å². The summed E-state index contributed by atoms with van der Waals surface area (Å²) in [6.07, 6.45) is 8.05. The first-order valence-corrected chi connectivity index (χ1v) is 10.9. The molecule has 4 aromatic carbocycles. The minimum absolute atomic E-state index is 1.05. The van der Waals surface area contributed by atoms with Gasteiger partial charge in [0.05, 0.1) is 0 Å². The van der Waals surface area contributed by atoms with Crippen molar-refractivity contribution >= 4 is 16.9 Å². The van der Waals surface area contributed by atoms with Crippen molar-refractivity contribution in [3.8, 4) is 22.3 Å². The Morgan fingerprint density at radius 1 is 0.656 bits per heavy atom. The van der Waals surface area contributed by atoms with E-state index in [-0.39, 0.29) is 0 Å². The summed E-state index contributed by atoms with van der Waals surface area (Å²) < 4.78 is 0. The SMILES string of the molecule is C=C/C=C(\C=C/C)c1cc(Nc2ccc(-c3ccccc3)cc2)cc(-c2ccccc2)c1. The van der Waals surface area contributed by atoms with E-state index in [9.17, 15) is 0 Å². The number of hydrogen-bond donors (Lipinski definition) is 1. The summed E-state index contributed by atoms with van der Waals surface area (Å²) >= 11 is 0. The number of nitrogens with one attached hydrogen (secondary N) is 1. The molecule has 156 valence electrons. The van der Waals surface area contributed by atoms with Crippen LogP contribution in [0.2, 0.25) is 0 Å². The van der Waals surface area contributed by atoms with Gasteiger partial charge in [-0.05, 0) is 70.6 Å². The maximum Gasteiger partial charge on any atom is 0.0396 e. The Hall–Kier alpha value is -4.10. The molecule has 1 N–H and O–H groups in total. The van der Waals surface area contributed by atoms with Gasteiger partial charge in [0.15, 0.2) is 0 Å². The third kappa shape index (κ3) is 5.14. The topological polar surface area (TPSA) is 12.0 Å². The number of rotatable bonds is 7. The fraction of sp³-hybridized carbons (Fsp3) is 0.0323. The third-order valence-corrected chi connectivity index (χ3v) is 5.30. The van der Waals surface area contributed by atoms with Gasteiger partial charge in [-0.2, -0.15) is 0 Å². The number of anilines is 2. The highest BCUT2D eigenvalue weighted by molar-refractivity contribution is 5.83. The van der Waals surface area contributed by atoms with Crippen LogP contribution in [0.4, 0.5) is 11.4 Å². The minimum Gasteiger partial charge on any atom is -0.355 e. The van der Waals surface area contributed by atoms with Gasteiger partial charge in [-0.15, -0.1) is 0 Å². The van der Waals surface area contributed by atoms with Crippen LogP contribution >= 0.6 is 0 Å². The van der Waals surface area contributed by atoms with E-state index in [1.54, 1.807) is 0 Å². The summed E-state index contributed by atoms with van der Waals surface area (Å²) in [5.74, 6) is 0. The predicted molar refractivity (Wildman–Crippen MR) is 140 cm³/mol. The van der Waals surface area contributed by atoms with Crippen molar-refractivity contribution < 1.29 is 0 Å². The molecule has 4 aromatic rings. The molecule has 0 radical (unpaired) electrons. The lowest BCUT2D eigenvalue weighted by molar-refractivity contribution is 1.51. The second-order valence-electron chi connectivity index (χ2n) is 7.59. The molecule has 32 heavy (non-hydrogen) atoms. The number of allylic oxidation sites excluding steroid dienone is 5. The van der Waals surface area contributed by atoms with Crippen molar-refractivity contribution in [1.29, 1.82) is 0 Å². The number of hydrogen-bond acceptors (Lipinski definition) is 1. The van der Waals surface area contributed by atoms with Gasteiger partial charge in [0.1, 0.15) is 0 Å². The summed E-state index contributed by atoms with van der Waals surface area (Å²) in [5, 5.41) is 3.60. The zero-order chi connectivity index (χ0) is 22.2. The molecule has 0 bridgehead atoms. The van der Waals surface area contributed by atoms with E-state index in [0.29, 0.717) is 0 Å². The van der Waals surface area contributed by atoms with Gasteiger partial charge in [0.25, 0.3) is 0 Å². The zero-order valence-corrected chi connectivity index (χ0v) is 18.3. The van der Waals surface area contributed by atoms with Crippen LogP contribution < -0.4 is 5.32 Å². The fourth-order valence-electron chi connectivity index (χ4n) is 3.76. The Kier molecular flexibility index (Phi) is 6.79. The van der Waals surface area contributed by atoms with Gasteiger partial charge in [0, 0.05) is 11.4 Å². The van der Waals surface area contributed by atoms with Crippen molar-refractivity contribution in [2.45, 2.75) is 6.92 Å². The molecule has 0 amide bonds. The first-order valence-electron chi connectivity index (χ1n) is 10.9. The fourth-order valence-corrected chi connectivity index (χ4v) is 3.76. The molecule has 0 aliphatic carbocycles. The molecule has 0 aromatic heterocycles. The summed E-state index contributed by atoms with van der Waals surface area (Å²) in [6, 6.07) is 36.1. The number of benzene rings is 4. The average molecular weight is 414 g/mol. The second kappa shape index (κ2) is 10.3. The Morgan fingerprint density at radius 2 is 1.25 bits per heavy atom. The largest absolute Gasteiger partial charge is 0.355 e. The molecule has 0 saturated heterocycles. The Balaban J connectivity index is 1.70. The molecule has 0 heterocycles. The van der Waals surface area contributed by atoms with E-state index in [0.717, 1.165) is 22.5 Å². The molecule has 0 atom stereocenters. The smallest absolute Gasteiger partial charge is 0.0396 e. The molecule has 1 heteroatoms. The summed E-state index contributed by atoms with van der Waals surface area (Å²) in [4.78, 5) is 0. The second-order valence-corrected chi connectivity index (χ2v) is 7.59. The van der Waals surface area contributed by atoms with Gasteiger partial charge in [0.2, 0.25) is 0 Å².